The van der Waals surface area contributed by atoms with Crippen LogP contribution in [0, 0.1) is 0 Å². The first-order valence-corrected chi connectivity index (χ1v) is 7.10. The van der Waals surface area contributed by atoms with Gasteiger partial charge in [0.25, 0.3) is 0 Å². The standard InChI is InChI=1S/C14H20N4O2/c15-11-3-4-13(16-10-11)18-5-1-2-12(18)14(19)17-6-8-20-9-7-17/h3-4,10,12H,1-2,5-9,15H2/t12-/m0/s1. The summed E-state index contributed by atoms with van der Waals surface area (Å²) in [6.07, 6.45) is 3.55. The molecule has 0 bridgehead atoms. The number of aromatic nitrogens is 1. The molecule has 1 atom stereocenters. The van der Waals surface area contributed by atoms with Gasteiger partial charge < -0.3 is 20.3 Å². The summed E-state index contributed by atoms with van der Waals surface area (Å²) in [6.45, 7) is 3.53. The van der Waals surface area contributed by atoms with Crippen LogP contribution in [0.15, 0.2) is 18.3 Å². The molecule has 0 aliphatic carbocycles. The van der Waals surface area contributed by atoms with E-state index in [1.54, 1.807) is 6.20 Å². The maximum absolute atomic E-state index is 12.6. The number of hydrogen-bond acceptors (Lipinski definition) is 5. The Morgan fingerprint density at radius 1 is 1.30 bits per heavy atom. The first kappa shape index (κ1) is 13.2. The molecular weight excluding hydrogens is 256 g/mol. The molecule has 2 aliphatic heterocycles. The summed E-state index contributed by atoms with van der Waals surface area (Å²) in [6, 6.07) is 3.63. The van der Waals surface area contributed by atoms with Crippen LogP contribution in [-0.2, 0) is 9.53 Å². The van der Waals surface area contributed by atoms with Gasteiger partial charge in [-0.3, -0.25) is 4.79 Å². The molecule has 0 spiro atoms. The zero-order chi connectivity index (χ0) is 13.9. The molecule has 1 aromatic rings. The molecule has 2 aliphatic rings. The molecule has 3 rings (SSSR count). The average molecular weight is 276 g/mol. The lowest BCUT2D eigenvalue weighted by Gasteiger charge is -2.33. The van der Waals surface area contributed by atoms with E-state index < -0.39 is 0 Å². The van der Waals surface area contributed by atoms with Crippen molar-refractivity contribution in [2.75, 3.05) is 43.5 Å². The Balaban J connectivity index is 1.74. The van der Waals surface area contributed by atoms with Crippen molar-refractivity contribution in [1.82, 2.24) is 9.88 Å². The number of carbonyl (C=O) groups is 1. The van der Waals surface area contributed by atoms with Crippen LogP contribution in [0.1, 0.15) is 12.8 Å². The van der Waals surface area contributed by atoms with Gasteiger partial charge in [0.05, 0.1) is 25.1 Å². The third-order valence-electron chi connectivity index (χ3n) is 3.93. The maximum Gasteiger partial charge on any atom is 0.245 e. The van der Waals surface area contributed by atoms with Gasteiger partial charge in [0.2, 0.25) is 5.91 Å². The number of carbonyl (C=O) groups excluding carboxylic acids is 1. The predicted molar refractivity (Wildman–Crippen MR) is 76.4 cm³/mol. The Hall–Kier alpha value is -1.82. The van der Waals surface area contributed by atoms with Gasteiger partial charge in [-0.2, -0.15) is 0 Å². The van der Waals surface area contributed by atoms with Crippen molar-refractivity contribution in [1.29, 1.82) is 0 Å². The minimum absolute atomic E-state index is 0.0933. The molecule has 20 heavy (non-hydrogen) atoms. The van der Waals surface area contributed by atoms with Crippen molar-refractivity contribution in [2.24, 2.45) is 0 Å². The van der Waals surface area contributed by atoms with Crippen LogP contribution in [0.5, 0.6) is 0 Å². The number of pyridine rings is 1. The van der Waals surface area contributed by atoms with Gasteiger partial charge >= 0.3 is 0 Å². The lowest BCUT2D eigenvalue weighted by Crippen LogP contribution is -2.50. The van der Waals surface area contributed by atoms with Gasteiger partial charge in [-0.15, -0.1) is 0 Å². The number of hydrogen-bond donors (Lipinski definition) is 1. The topological polar surface area (TPSA) is 71.7 Å². The Bertz CT molecular complexity index is 471. The quantitative estimate of drug-likeness (QED) is 0.851. The Labute approximate surface area is 118 Å². The smallest absolute Gasteiger partial charge is 0.245 e. The summed E-state index contributed by atoms with van der Waals surface area (Å²) in [5.74, 6) is 1.03. The molecule has 0 saturated carbocycles. The van der Waals surface area contributed by atoms with E-state index in [0.717, 1.165) is 25.2 Å². The molecular formula is C14H20N4O2. The molecule has 6 nitrogen and oxygen atoms in total. The summed E-state index contributed by atoms with van der Waals surface area (Å²) in [4.78, 5) is 21.0. The Kier molecular flexibility index (Phi) is 3.73. The van der Waals surface area contributed by atoms with Crippen LogP contribution >= 0.6 is 0 Å². The molecule has 2 fully saturated rings. The van der Waals surface area contributed by atoms with Gasteiger partial charge in [0.15, 0.2) is 0 Å². The lowest BCUT2D eigenvalue weighted by atomic mass is 10.2. The van der Waals surface area contributed by atoms with E-state index in [1.807, 2.05) is 17.0 Å². The highest BCUT2D eigenvalue weighted by molar-refractivity contribution is 5.85. The van der Waals surface area contributed by atoms with Gasteiger partial charge in [0.1, 0.15) is 11.9 Å². The second-order valence-electron chi connectivity index (χ2n) is 5.24. The largest absolute Gasteiger partial charge is 0.397 e. The minimum Gasteiger partial charge on any atom is -0.397 e. The van der Waals surface area contributed by atoms with Crippen molar-refractivity contribution in [2.45, 2.75) is 18.9 Å². The van der Waals surface area contributed by atoms with Crippen molar-refractivity contribution in [3.63, 3.8) is 0 Å². The van der Waals surface area contributed by atoms with Crippen LogP contribution in [-0.4, -0.2) is 54.7 Å². The molecule has 0 unspecified atom stereocenters. The number of anilines is 2. The van der Waals surface area contributed by atoms with Crippen molar-refractivity contribution in [3.8, 4) is 0 Å². The molecule has 3 heterocycles. The molecule has 108 valence electrons. The number of morpholine rings is 1. The first-order chi connectivity index (χ1) is 9.75. The third-order valence-corrected chi connectivity index (χ3v) is 3.93. The average Bonchev–Trinajstić information content (AvgIpc) is 2.97. The van der Waals surface area contributed by atoms with E-state index in [9.17, 15) is 4.79 Å². The van der Waals surface area contributed by atoms with Crippen LogP contribution < -0.4 is 10.6 Å². The molecule has 1 amide bonds. The van der Waals surface area contributed by atoms with Gasteiger partial charge in [-0.25, -0.2) is 4.98 Å². The maximum atomic E-state index is 12.6. The van der Waals surface area contributed by atoms with Crippen molar-refractivity contribution < 1.29 is 9.53 Å². The van der Waals surface area contributed by atoms with Crippen LogP contribution in [0.25, 0.3) is 0 Å². The lowest BCUT2D eigenvalue weighted by molar-refractivity contribution is -0.136. The van der Waals surface area contributed by atoms with E-state index in [2.05, 4.69) is 9.88 Å². The fourth-order valence-electron chi connectivity index (χ4n) is 2.86. The van der Waals surface area contributed by atoms with E-state index >= 15 is 0 Å². The molecule has 0 radical (unpaired) electrons. The Morgan fingerprint density at radius 3 is 2.80 bits per heavy atom. The molecule has 1 aromatic heterocycles. The summed E-state index contributed by atoms with van der Waals surface area (Å²) >= 11 is 0. The molecule has 2 N–H and O–H groups in total. The monoisotopic (exact) mass is 276 g/mol. The summed E-state index contributed by atoms with van der Waals surface area (Å²) in [5.41, 5.74) is 6.31. The first-order valence-electron chi connectivity index (χ1n) is 7.10. The summed E-state index contributed by atoms with van der Waals surface area (Å²) in [7, 11) is 0. The normalized spacial score (nSPS) is 23.1. The second-order valence-corrected chi connectivity index (χ2v) is 5.24. The zero-order valence-corrected chi connectivity index (χ0v) is 11.5. The van der Waals surface area contributed by atoms with Crippen LogP contribution in [0.4, 0.5) is 11.5 Å². The van der Waals surface area contributed by atoms with Crippen LogP contribution in [0.2, 0.25) is 0 Å². The van der Waals surface area contributed by atoms with Crippen LogP contribution in [0.3, 0.4) is 0 Å². The van der Waals surface area contributed by atoms with E-state index in [1.165, 1.54) is 0 Å². The van der Waals surface area contributed by atoms with E-state index in [-0.39, 0.29) is 11.9 Å². The van der Waals surface area contributed by atoms with Gasteiger partial charge in [-0.1, -0.05) is 0 Å². The number of nitrogen functional groups attached to an aromatic ring is 1. The second kappa shape index (κ2) is 5.66. The summed E-state index contributed by atoms with van der Waals surface area (Å²) in [5, 5.41) is 0. The molecule has 6 heteroatoms. The highest BCUT2D eigenvalue weighted by atomic mass is 16.5. The predicted octanol–water partition coefficient (Wildman–Crippen LogP) is 0.491. The number of nitrogens with two attached hydrogens (primary N) is 1. The molecule has 0 aromatic carbocycles. The fourth-order valence-corrected chi connectivity index (χ4v) is 2.86. The minimum atomic E-state index is -0.0933. The number of rotatable bonds is 2. The molecule has 2 saturated heterocycles. The van der Waals surface area contributed by atoms with E-state index in [4.69, 9.17) is 10.5 Å². The fraction of sp³-hybridized carbons (Fsp3) is 0.571. The van der Waals surface area contributed by atoms with Crippen molar-refractivity contribution in [3.05, 3.63) is 18.3 Å². The SMILES string of the molecule is Nc1ccc(N2CCC[C@H]2C(=O)N2CCOCC2)nc1. The zero-order valence-electron chi connectivity index (χ0n) is 11.5. The van der Waals surface area contributed by atoms with Gasteiger partial charge in [-0.05, 0) is 25.0 Å². The highest BCUT2D eigenvalue weighted by Crippen LogP contribution is 2.25. The third kappa shape index (κ3) is 2.56. The number of nitrogens with zero attached hydrogens (tertiary/aromatic N) is 3. The van der Waals surface area contributed by atoms with Crippen molar-refractivity contribution >= 4 is 17.4 Å². The summed E-state index contributed by atoms with van der Waals surface area (Å²) < 4.78 is 5.30. The highest BCUT2D eigenvalue weighted by Gasteiger charge is 2.34. The number of amides is 1. The number of ether oxygens (including phenoxy) is 1. The van der Waals surface area contributed by atoms with Gasteiger partial charge in [0, 0.05) is 19.6 Å². The Morgan fingerprint density at radius 2 is 2.10 bits per heavy atom. The van der Waals surface area contributed by atoms with E-state index in [0.29, 0.717) is 32.0 Å².